The van der Waals surface area contributed by atoms with E-state index in [1.165, 1.54) is 30.4 Å². The quantitative estimate of drug-likeness (QED) is 0.651. The molecule has 0 unspecified atom stereocenters. The predicted octanol–water partition coefficient (Wildman–Crippen LogP) is -0.227. The lowest BCUT2D eigenvalue weighted by Gasteiger charge is -2.12. The van der Waals surface area contributed by atoms with Gasteiger partial charge in [-0.3, -0.25) is 14.6 Å². The molecule has 1 heterocycles. The first-order valence-corrected chi connectivity index (χ1v) is 3.58. The van der Waals surface area contributed by atoms with Gasteiger partial charge in [-0.15, -0.1) is 0 Å². The van der Waals surface area contributed by atoms with E-state index in [2.05, 4.69) is 4.98 Å². The first-order chi connectivity index (χ1) is 6.16. The summed E-state index contributed by atoms with van der Waals surface area (Å²) in [5, 5.41) is 0. The largest absolute Gasteiger partial charge is 0.366 e. The summed E-state index contributed by atoms with van der Waals surface area (Å²) in [6.07, 6.45) is 3.44. The van der Waals surface area contributed by atoms with Crippen LogP contribution in [0.25, 0.3) is 0 Å². The lowest BCUT2D eigenvalue weighted by molar-refractivity contribution is -0.107. The maximum absolute atomic E-state index is 10.9. The minimum atomic E-state index is -0.578. The molecule has 0 aliphatic carbocycles. The van der Waals surface area contributed by atoms with E-state index >= 15 is 0 Å². The van der Waals surface area contributed by atoms with Gasteiger partial charge in [-0.05, 0) is 6.07 Å². The van der Waals surface area contributed by atoms with Crippen molar-refractivity contribution in [1.29, 1.82) is 0 Å². The van der Waals surface area contributed by atoms with Crippen LogP contribution in [0.2, 0.25) is 0 Å². The van der Waals surface area contributed by atoms with Gasteiger partial charge >= 0.3 is 0 Å². The molecular weight excluding hydrogens is 170 g/mol. The van der Waals surface area contributed by atoms with Gasteiger partial charge in [-0.2, -0.15) is 0 Å². The highest BCUT2D eigenvalue weighted by molar-refractivity contribution is 6.00. The van der Waals surface area contributed by atoms with E-state index in [4.69, 9.17) is 5.73 Å². The van der Waals surface area contributed by atoms with Crippen LogP contribution < -0.4 is 10.6 Å². The average Bonchev–Trinajstić information content (AvgIpc) is 2.16. The van der Waals surface area contributed by atoms with Gasteiger partial charge in [-0.1, -0.05) is 0 Å². The number of carbonyl (C=O) groups excluding carboxylic acids is 2. The van der Waals surface area contributed by atoms with Crippen molar-refractivity contribution in [3.8, 4) is 0 Å². The number of nitrogens with zero attached hydrogens (tertiary/aromatic N) is 2. The Morgan fingerprint density at radius 2 is 2.38 bits per heavy atom. The molecule has 1 aromatic heterocycles. The van der Waals surface area contributed by atoms with Crippen molar-refractivity contribution in [3.05, 3.63) is 24.0 Å². The first-order valence-electron chi connectivity index (χ1n) is 3.58. The summed E-state index contributed by atoms with van der Waals surface area (Å²) in [7, 11) is 1.52. The highest BCUT2D eigenvalue weighted by atomic mass is 16.1. The number of primary amides is 1. The second-order valence-corrected chi connectivity index (χ2v) is 2.47. The van der Waals surface area contributed by atoms with Crippen molar-refractivity contribution < 1.29 is 9.59 Å². The Morgan fingerprint density at radius 3 is 2.92 bits per heavy atom. The van der Waals surface area contributed by atoms with E-state index in [1.807, 2.05) is 0 Å². The van der Waals surface area contributed by atoms with E-state index in [0.717, 1.165) is 0 Å². The third-order valence-electron chi connectivity index (χ3n) is 1.60. The maximum atomic E-state index is 10.9. The Morgan fingerprint density at radius 1 is 1.69 bits per heavy atom. The number of aromatic nitrogens is 1. The standard InChI is InChI=1S/C8H9N3O2/c1-11(5-12)7-4-10-3-2-6(7)8(9)13/h2-5H,1H3,(H2,9,13). The number of amides is 2. The van der Waals surface area contributed by atoms with Gasteiger partial charge in [0.1, 0.15) is 0 Å². The van der Waals surface area contributed by atoms with E-state index in [1.54, 1.807) is 0 Å². The summed E-state index contributed by atoms with van der Waals surface area (Å²) in [5.74, 6) is -0.578. The Hall–Kier alpha value is -1.91. The molecule has 5 heteroatoms. The normalized spacial score (nSPS) is 9.31. The van der Waals surface area contributed by atoms with Crippen molar-refractivity contribution in [2.24, 2.45) is 5.73 Å². The summed E-state index contributed by atoms with van der Waals surface area (Å²) >= 11 is 0. The van der Waals surface area contributed by atoms with Gasteiger partial charge < -0.3 is 10.6 Å². The average molecular weight is 179 g/mol. The molecule has 0 saturated heterocycles. The molecule has 1 rings (SSSR count). The minimum absolute atomic E-state index is 0.282. The molecule has 68 valence electrons. The van der Waals surface area contributed by atoms with Crippen LogP contribution in [-0.4, -0.2) is 24.3 Å². The molecule has 13 heavy (non-hydrogen) atoms. The molecule has 0 aromatic carbocycles. The summed E-state index contributed by atoms with van der Waals surface area (Å²) in [5.41, 5.74) is 5.79. The van der Waals surface area contributed by atoms with Crippen LogP contribution in [0.5, 0.6) is 0 Å². The smallest absolute Gasteiger partial charge is 0.250 e. The molecular formula is C8H9N3O2. The van der Waals surface area contributed by atoms with Gasteiger partial charge in [0.2, 0.25) is 6.41 Å². The van der Waals surface area contributed by atoms with E-state index in [-0.39, 0.29) is 5.56 Å². The van der Waals surface area contributed by atoms with Crippen molar-refractivity contribution in [3.63, 3.8) is 0 Å². The summed E-state index contributed by atoms with van der Waals surface area (Å²) < 4.78 is 0. The molecule has 0 aliphatic heterocycles. The molecule has 0 aliphatic rings. The minimum Gasteiger partial charge on any atom is -0.366 e. The number of anilines is 1. The second kappa shape index (κ2) is 3.66. The van der Waals surface area contributed by atoms with Crippen LogP contribution >= 0.6 is 0 Å². The molecule has 0 atom stereocenters. The topological polar surface area (TPSA) is 76.3 Å². The molecule has 2 amide bonds. The number of hydrogen-bond acceptors (Lipinski definition) is 3. The SMILES string of the molecule is CN(C=O)c1cnccc1C(N)=O. The second-order valence-electron chi connectivity index (χ2n) is 2.47. The summed E-state index contributed by atoms with van der Waals surface area (Å²) in [6.45, 7) is 0. The van der Waals surface area contributed by atoms with Crippen molar-refractivity contribution in [2.75, 3.05) is 11.9 Å². The molecule has 2 N–H and O–H groups in total. The van der Waals surface area contributed by atoms with Gasteiger partial charge in [0.05, 0.1) is 17.4 Å². The van der Waals surface area contributed by atoms with Gasteiger partial charge in [-0.25, -0.2) is 0 Å². The molecule has 0 bridgehead atoms. The van der Waals surface area contributed by atoms with Crippen molar-refractivity contribution >= 4 is 18.0 Å². The lowest BCUT2D eigenvalue weighted by atomic mass is 10.2. The van der Waals surface area contributed by atoms with Crippen LogP contribution in [0.4, 0.5) is 5.69 Å². The third-order valence-corrected chi connectivity index (χ3v) is 1.60. The lowest BCUT2D eigenvalue weighted by Crippen LogP contribution is -2.20. The summed E-state index contributed by atoms with van der Waals surface area (Å²) in [4.78, 5) is 26.4. The number of nitrogens with two attached hydrogens (primary N) is 1. The van der Waals surface area contributed by atoms with E-state index < -0.39 is 5.91 Å². The fourth-order valence-electron chi connectivity index (χ4n) is 0.932. The van der Waals surface area contributed by atoms with E-state index in [0.29, 0.717) is 12.1 Å². The Balaban J connectivity index is 3.19. The zero-order valence-electron chi connectivity index (χ0n) is 7.10. The van der Waals surface area contributed by atoms with Crippen molar-refractivity contribution in [1.82, 2.24) is 4.98 Å². The van der Waals surface area contributed by atoms with Crippen LogP contribution in [-0.2, 0) is 4.79 Å². The number of pyridine rings is 1. The Bertz CT molecular complexity index is 338. The molecule has 0 fully saturated rings. The van der Waals surface area contributed by atoms with Crippen LogP contribution in [0.15, 0.2) is 18.5 Å². The van der Waals surface area contributed by atoms with Crippen molar-refractivity contribution in [2.45, 2.75) is 0 Å². The zero-order valence-corrected chi connectivity index (χ0v) is 7.10. The maximum Gasteiger partial charge on any atom is 0.250 e. The Labute approximate surface area is 75.2 Å². The fourth-order valence-corrected chi connectivity index (χ4v) is 0.932. The molecule has 0 radical (unpaired) electrons. The van der Waals surface area contributed by atoms with Gasteiger partial charge in [0, 0.05) is 13.2 Å². The molecule has 0 saturated carbocycles. The number of carbonyl (C=O) groups is 2. The fraction of sp³-hybridized carbons (Fsp3) is 0.125. The number of rotatable bonds is 3. The third kappa shape index (κ3) is 1.81. The van der Waals surface area contributed by atoms with Gasteiger partial charge in [0.15, 0.2) is 0 Å². The highest BCUT2D eigenvalue weighted by Gasteiger charge is 2.10. The highest BCUT2D eigenvalue weighted by Crippen LogP contribution is 2.15. The van der Waals surface area contributed by atoms with Gasteiger partial charge in [0.25, 0.3) is 5.91 Å². The Kier molecular flexibility index (Phi) is 2.59. The van der Waals surface area contributed by atoms with Crippen LogP contribution in [0.1, 0.15) is 10.4 Å². The van der Waals surface area contributed by atoms with Crippen LogP contribution in [0, 0.1) is 0 Å². The molecule has 5 nitrogen and oxygen atoms in total. The molecule has 1 aromatic rings. The predicted molar refractivity (Wildman–Crippen MR) is 47.2 cm³/mol. The zero-order chi connectivity index (χ0) is 9.84. The monoisotopic (exact) mass is 179 g/mol. The van der Waals surface area contributed by atoms with Crippen LogP contribution in [0.3, 0.4) is 0 Å². The first kappa shape index (κ1) is 9.18. The summed E-state index contributed by atoms with van der Waals surface area (Å²) in [6, 6.07) is 1.47. The number of hydrogen-bond donors (Lipinski definition) is 1. The molecule has 0 spiro atoms. The van der Waals surface area contributed by atoms with E-state index in [9.17, 15) is 9.59 Å².